The minimum Gasteiger partial charge on any atom is -0.376 e. The van der Waals surface area contributed by atoms with Gasteiger partial charge in [-0.3, -0.25) is 10.1 Å². The lowest BCUT2D eigenvalue weighted by Gasteiger charge is -2.15. The standard InChI is InChI=1S/C14H15N3O2S/c1-4-6-10(5-2)16-11-7-12-14(20-9(3)15-12)8-13(11)17(18)19/h1,7-8,10,16H,5-6H2,2-3H3. The molecule has 0 saturated heterocycles. The number of hydrogen-bond donors (Lipinski definition) is 1. The van der Waals surface area contributed by atoms with Crippen LogP contribution < -0.4 is 5.32 Å². The van der Waals surface area contributed by atoms with E-state index in [0.29, 0.717) is 12.1 Å². The Balaban J connectivity index is 2.46. The Morgan fingerprint density at radius 1 is 1.60 bits per heavy atom. The van der Waals surface area contributed by atoms with Gasteiger partial charge in [0, 0.05) is 18.5 Å². The van der Waals surface area contributed by atoms with Crippen LogP contribution in [-0.2, 0) is 0 Å². The second-order valence-corrected chi connectivity index (χ2v) is 5.72. The molecule has 0 aliphatic rings. The summed E-state index contributed by atoms with van der Waals surface area (Å²) in [6.07, 6.45) is 6.65. The first-order valence-corrected chi connectivity index (χ1v) is 7.12. The number of nitrogens with zero attached hydrogens (tertiary/aromatic N) is 2. The van der Waals surface area contributed by atoms with Gasteiger partial charge in [0.1, 0.15) is 5.69 Å². The molecule has 0 amide bonds. The number of benzene rings is 1. The van der Waals surface area contributed by atoms with Crippen LogP contribution in [0.2, 0.25) is 0 Å². The Hall–Kier alpha value is -2.13. The first kappa shape index (κ1) is 14.3. The zero-order valence-electron chi connectivity index (χ0n) is 11.3. The highest BCUT2D eigenvalue weighted by atomic mass is 32.1. The van der Waals surface area contributed by atoms with Crippen LogP contribution in [0.15, 0.2) is 12.1 Å². The van der Waals surface area contributed by atoms with Crippen LogP contribution in [0.1, 0.15) is 24.8 Å². The van der Waals surface area contributed by atoms with Crippen LogP contribution in [0.3, 0.4) is 0 Å². The van der Waals surface area contributed by atoms with Gasteiger partial charge in [0.2, 0.25) is 0 Å². The van der Waals surface area contributed by atoms with Gasteiger partial charge < -0.3 is 5.32 Å². The van der Waals surface area contributed by atoms with E-state index in [1.807, 2.05) is 13.8 Å². The maximum absolute atomic E-state index is 11.2. The van der Waals surface area contributed by atoms with Crippen LogP contribution in [0, 0.1) is 29.4 Å². The van der Waals surface area contributed by atoms with Crippen LogP contribution >= 0.6 is 11.3 Å². The molecule has 104 valence electrons. The molecule has 0 aliphatic heterocycles. The van der Waals surface area contributed by atoms with E-state index in [1.165, 1.54) is 11.3 Å². The van der Waals surface area contributed by atoms with Gasteiger partial charge in [-0.1, -0.05) is 6.92 Å². The SMILES string of the molecule is C#CCC(CC)Nc1cc2nc(C)sc2cc1[N+](=O)[O-]. The molecule has 5 nitrogen and oxygen atoms in total. The van der Waals surface area contributed by atoms with Crippen molar-refractivity contribution in [2.24, 2.45) is 0 Å². The number of aryl methyl sites for hydroxylation is 1. The van der Waals surface area contributed by atoms with Gasteiger partial charge in [0.25, 0.3) is 5.69 Å². The Morgan fingerprint density at radius 2 is 2.35 bits per heavy atom. The van der Waals surface area contributed by atoms with Crippen molar-refractivity contribution in [1.82, 2.24) is 4.98 Å². The molecule has 1 aromatic heterocycles. The lowest BCUT2D eigenvalue weighted by Crippen LogP contribution is -2.18. The maximum Gasteiger partial charge on any atom is 0.293 e. The normalized spacial score (nSPS) is 12.1. The highest BCUT2D eigenvalue weighted by molar-refractivity contribution is 7.18. The number of anilines is 1. The van der Waals surface area contributed by atoms with Gasteiger partial charge in [-0.15, -0.1) is 23.7 Å². The van der Waals surface area contributed by atoms with Gasteiger partial charge in [0.05, 0.1) is 20.1 Å². The Morgan fingerprint density at radius 3 is 2.95 bits per heavy atom. The molecule has 1 heterocycles. The zero-order chi connectivity index (χ0) is 14.7. The van der Waals surface area contributed by atoms with Crippen molar-refractivity contribution < 1.29 is 4.92 Å². The summed E-state index contributed by atoms with van der Waals surface area (Å²) in [6.45, 7) is 3.88. The summed E-state index contributed by atoms with van der Waals surface area (Å²) in [4.78, 5) is 15.2. The molecule has 6 heteroatoms. The second kappa shape index (κ2) is 5.88. The average molecular weight is 289 g/mol. The van der Waals surface area contributed by atoms with Gasteiger partial charge in [-0.25, -0.2) is 4.98 Å². The summed E-state index contributed by atoms with van der Waals surface area (Å²) in [5, 5.41) is 15.3. The zero-order valence-corrected chi connectivity index (χ0v) is 12.2. The monoisotopic (exact) mass is 289 g/mol. The van der Waals surface area contributed by atoms with E-state index in [-0.39, 0.29) is 16.7 Å². The molecular formula is C14H15N3O2S. The molecule has 1 unspecified atom stereocenters. The Labute approximate surface area is 121 Å². The van der Waals surface area contributed by atoms with Crippen molar-refractivity contribution in [2.45, 2.75) is 32.7 Å². The van der Waals surface area contributed by atoms with Crippen LogP contribution in [0.4, 0.5) is 11.4 Å². The molecular weight excluding hydrogens is 274 g/mol. The van der Waals surface area contributed by atoms with E-state index in [9.17, 15) is 10.1 Å². The van der Waals surface area contributed by atoms with E-state index in [1.54, 1.807) is 12.1 Å². The van der Waals surface area contributed by atoms with Gasteiger partial charge >= 0.3 is 0 Å². The molecule has 1 aromatic carbocycles. The third kappa shape index (κ3) is 2.89. The summed E-state index contributed by atoms with van der Waals surface area (Å²) < 4.78 is 0.824. The largest absolute Gasteiger partial charge is 0.376 e. The van der Waals surface area contributed by atoms with Crippen LogP contribution in [0.25, 0.3) is 10.2 Å². The van der Waals surface area contributed by atoms with Crippen LogP contribution in [0.5, 0.6) is 0 Å². The summed E-state index contributed by atoms with van der Waals surface area (Å²) in [5.74, 6) is 2.58. The van der Waals surface area contributed by atoms with E-state index < -0.39 is 0 Å². The summed E-state index contributed by atoms with van der Waals surface area (Å²) >= 11 is 1.45. The van der Waals surface area contributed by atoms with Crippen molar-refractivity contribution in [3.63, 3.8) is 0 Å². The molecule has 1 N–H and O–H groups in total. The number of rotatable bonds is 5. The molecule has 0 radical (unpaired) electrons. The predicted octanol–water partition coefficient (Wildman–Crippen LogP) is 3.73. The predicted molar refractivity (Wildman–Crippen MR) is 82.2 cm³/mol. The number of nitrogens with one attached hydrogen (secondary N) is 1. The molecule has 0 spiro atoms. The highest BCUT2D eigenvalue weighted by Gasteiger charge is 2.19. The summed E-state index contributed by atoms with van der Waals surface area (Å²) in [7, 11) is 0. The fourth-order valence-corrected chi connectivity index (χ4v) is 2.85. The number of aromatic nitrogens is 1. The molecule has 2 aromatic rings. The molecule has 0 bridgehead atoms. The third-order valence-corrected chi connectivity index (χ3v) is 3.96. The lowest BCUT2D eigenvalue weighted by molar-refractivity contribution is -0.383. The molecule has 0 fully saturated rings. The van der Waals surface area contributed by atoms with E-state index in [0.717, 1.165) is 21.6 Å². The number of thiazole rings is 1. The fourth-order valence-electron chi connectivity index (χ4n) is 2.00. The van der Waals surface area contributed by atoms with Gasteiger partial charge in [0.15, 0.2) is 0 Å². The Kier molecular flexibility index (Phi) is 4.20. The lowest BCUT2D eigenvalue weighted by atomic mass is 10.1. The third-order valence-electron chi connectivity index (χ3n) is 3.03. The number of nitro groups is 1. The minimum atomic E-state index is -0.376. The topological polar surface area (TPSA) is 68.1 Å². The highest BCUT2D eigenvalue weighted by Crippen LogP contribution is 2.33. The number of fused-ring (bicyclic) bond motifs is 1. The van der Waals surface area contributed by atoms with Crippen molar-refractivity contribution in [3.05, 3.63) is 27.3 Å². The number of terminal acetylenes is 1. The van der Waals surface area contributed by atoms with E-state index in [4.69, 9.17) is 6.42 Å². The fraction of sp³-hybridized carbons (Fsp3) is 0.357. The smallest absolute Gasteiger partial charge is 0.293 e. The maximum atomic E-state index is 11.2. The first-order chi connectivity index (χ1) is 9.55. The van der Waals surface area contributed by atoms with Crippen molar-refractivity contribution in [3.8, 4) is 12.3 Å². The van der Waals surface area contributed by atoms with Crippen molar-refractivity contribution in [2.75, 3.05) is 5.32 Å². The van der Waals surface area contributed by atoms with Crippen molar-refractivity contribution >= 4 is 32.9 Å². The van der Waals surface area contributed by atoms with Crippen molar-refractivity contribution in [1.29, 1.82) is 0 Å². The molecule has 0 saturated carbocycles. The molecule has 20 heavy (non-hydrogen) atoms. The van der Waals surface area contributed by atoms with E-state index >= 15 is 0 Å². The quantitative estimate of drug-likeness (QED) is 0.517. The summed E-state index contributed by atoms with van der Waals surface area (Å²) in [5.41, 5.74) is 1.32. The average Bonchev–Trinajstić information content (AvgIpc) is 2.76. The molecule has 0 aliphatic carbocycles. The molecule has 2 rings (SSSR count). The summed E-state index contributed by atoms with van der Waals surface area (Å²) in [6, 6.07) is 3.33. The van der Waals surface area contributed by atoms with Crippen LogP contribution in [-0.4, -0.2) is 15.9 Å². The van der Waals surface area contributed by atoms with Gasteiger partial charge in [-0.2, -0.15) is 0 Å². The number of hydrogen-bond acceptors (Lipinski definition) is 5. The Bertz CT molecular complexity index is 688. The first-order valence-electron chi connectivity index (χ1n) is 6.30. The minimum absolute atomic E-state index is 0.0240. The molecule has 1 atom stereocenters. The van der Waals surface area contributed by atoms with E-state index in [2.05, 4.69) is 16.2 Å². The number of nitro benzene ring substituents is 1. The second-order valence-electron chi connectivity index (χ2n) is 4.48. The van der Waals surface area contributed by atoms with Gasteiger partial charge in [-0.05, 0) is 19.4 Å².